The fourth-order valence-corrected chi connectivity index (χ4v) is 3.39. The van der Waals surface area contributed by atoms with Gasteiger partial charge < -0.3 is 15.0 Å². The van der Waals surface area contributed by atoms with E-state index in [0.717, 1.165) is 44.5 Å². The SMILES string of the molecule is Cc1nc(CNC(=O)c2ccc(OC3CCN(C(=O)C4CC4)CC3)cc2)n[nH]1. The van der Waals surface area contributed by atoms with Crippen LogP contribution in [-0.2, 0) is 11.3 Å². The molecule has 0 bridgehead atoms. The maximum atomic E-state index is 12.2. The maximum absolute atomic E-state index is 12.2. The zero-order valence-electron chi connectivity index (χ0n) is 16.0. The van der Waals surface area contributed by atoms with Crippen LogP contribution in [0, 0.1) is 12.8 Å². The van der Waals surface area contributed by atoms with Crippen LogP contribution in [0.15, 0.2) is 24.3 Å². The van der Waals surface area contributed by atoms with Crippen molar-refractivity contribution in [1.82, 2.24) is 25.4 Å². The summed E-state index contributed by atoms with van der Waals surface area (Å²) in [6.07, 6.45) is 3.89. The highest BCUT2D eigenvalue weighted by Gasteiger charge is 2.35. The molecule has 2 fully saturated rings. The van der Waals surface area contributed by atoms with E-state index in [2.05, 4.69) is 20.5 Å². The molecule has 0 radical (unpaired) electrons. The molecule has 0 unspecified atom stereocenters. The number of amides is 2. The molecule has 1 aromatic heterocycles. The first kappa shape index (κ1) is 18.5. The zero-order chi connectivity index (χ0) is 19.5. The molecule has 2 heterocycles. The topological polar surface area (TPSA) is 100 Å². The summed E-state index contributed by atoms with van der Waals surface area (Å²) < 4.78 is 6.03. The zero-order valence-corrected chi connectivity index (χ0v) is 16.0. The second-order valence-electron chi connectivity index (χ2n) is 7.46. The number of H-pyrrole nitrogens is 1. The first-order valence-corrected chi connectivity index (χ1v) is 9.80. The van der Waals surface area contributed by atoms with E-state index in [-0.39, 0.29) is 24.5 Å². The van der Waals surface area contributed by atoms with E-state index in [1.54, 1.807) is 12.1 Å². The third-order valence-electron chi connectivity index (χ3n) is 5.15. The Balaban J connectivity index is 1.24. The molecule has 2 aliphatic rings. The number of aryl methyl sites for hydroxylation is 1. The molecule has 2 N–H and O–H groups in total. The number of benzene rings is 1. The molecule has 2 amide bonds. The molecule has 28 heavy (non-hydrogen) atoms. The fraction of sp³-hybridized carbons (Fsp3) is 0.500. The number of hydrogen-bond donors (Lipinski definition) is 2. The molecule has 4 rings (SSSR count). The lowest BCUT2D eigenvalue weighted by Gasteiger charge is -2.32. The number of aromatic nitrogens is 3. The van der Waals surface area contributed by atoms with Crippen molar-refractivity contribution in [3.63, 3.8) is 0 Å². The monoisotopic (exact) mass is 383 g/mol. The quantitative estimate of drug-likeness (QED) is 0.793. The summed E-state index contributed by atoms with van der Waals surface area (Å²) in [5.41, 5.74) is 0.560. The Morgan fingerprint density at radius 2 is 1.89 bits per heavy atom. The predicted molar refractivity (Wildman–Crippen MR) is 102 cm³/mol. The lowest BCUT2D eigenvalue weighted by Crippen LogP contribution is -2.42. The molecule has 148 valence electrons. The van der Waals surface area contributed by atoms with Crippen molar-refractivity contribution in [2.24, 2.45) is 5.92 Å². The van der Waals surface area contributed by atoms with Gasteiger partial charge >= 0.3 is 0 Å². The van der Waals surface area contributed by atoms with Crippen molar-refractivity contribution >= 4 is 11.8 Å². The Kier molecular flexibility index (Phi) is 5.27. The minimum atomic E-state index is -0.180. The molecule has 0 spiro atoms. The highest BCUT2D eigenvalue weighted by Crippen LogP contribution is 2.32. The fourth-order valence-electron chi connectivity index (χ4n) is 3.39. The van der Waals surface area contributed by atoms with Gasteiger partial charge in [0.05, 0.1) is 6.54 Å². The average molecular weight is 383 g/mol. The number of nitrogens with one attached hydrogen (secondary N) is 2. The van der Waals surface area contributed by atoms with Crippen molar-refractivity contribution < 1.29 is 14.3 Å². The van der Waals surface area contributed by atoms with E-state index in [4.69, 9.17) is 4.74 Å². The van der Waals surface area contributed by atoms with Gasteiger partial charge in [-0.15, -0.1) is 0 Å². The van der Waals surface area contributed by atoms with Crippen LogP contribution in [0.3, 0.4) is 0 Å². The molecule has 8 nitrogen and oxygen atoms in total. The Hall–Kier alpha value is -2.90. The van der Waals surface area contributed by atoms with Gasteiger partial charge in [-0.25, -0.2) is 4.98 Å². The predicted octanol–water partition coefficient (Wildman–Crippen LogP) is 1.82. The van der Waals surface area contributed by atoms with Crippen molar-refractivity contribution in [3.8, 4) is 5.75 Å². The molecular formula is C20H25N5O3. The summed E-state index contributed by atoms with van der Waals surface area (Å²) >= 11 is 0. The van der Waals surface area contributed by atoms with E-state index < -0.39 is 0 Å². The van der Waals surface area contributed by atoms with Crippen LogP contribution >= 0.6 is 0 Å². The van der Waals surface area contributed by atoms with Crippen LogP contribution < -0.4 is 10.1 Å². The second-order valence-corrected chi connectivity index (χ2v) is 7.46. The highest BCUT2D eigenvalue weighted by molar-refractivity contribution is 5.94. The molecule has 1 aromatic carbocycles. The van der Waals surface area contributed by atoms with Crippen LogP contribution in [0.25, 0.3) is 0 Å². The van der Waals surface area contributed by atoms with Crippen molar-refractivity contribution in [1.29, 1.82) is 0 Å². The summed E-state index contributed by atoms with van der Waals surface area (Å²) in [7, 11) is 0. The van der Waals surface area contributed by atoms with Crippen molar-refractivity contribution in [2.45, 2.75) is 45.3 Å². The van der Waals surface area contributed by atoms with Gasteiger partial charge in [-0.3, -0.25) is 14.7 Å². The number of nitrogens with zero attached hydrogens (tertiary/aromatic N) is 3. The van der Waals surface area contributed by atoms with Gasteiger partial charge in [0, 0.05) is 37.4 Å². The minimum absolute atomic E-state index is 0.108. The number of ether oxygens (including phenoxy) is 1. The van der Waals surface area contributed by atoms with Crippen LogP contribution in [-0.4, -0.2) is 51.1 Å². The smallest absolute Gasteiger partial charge is 0.251 e. The van der Waals surface area contributed by atoms with Gasteiger partial charge in [-0.2, -0.15) is 5.10 Å². The van der Waals surface area contributed by atoms with Crippen LogP contribution in [0.5, 0.6) is 5.75 Å². The van der Waals surface area contributed by atoms with Crippen molar-refractivity contribution in [3.05, 3.63) is 41.5 Å². The Morgan fingerprint density at radius 3 is 2.50 bits per heavy atom. The van der Waals surface area contributed by atoms with Gasteiger partial charge in [-0.05, 0) is 44.0 Å². The maximum Gasteiger partial charge on any atom is 0.251 e. The lowest BCUT2D eigenvalue weighted by atomic mass is 10.1. The number of likely N-dealkylation sites (tertiary alicyclic amines) is 1. The standard InChI is InChI=1S/C20H25N5O3/c1-13-22-18(24-23-13)12-21-19(26)14-4-6-16(7-5-14)28-17-8-10-25(11-9-17)20(27)15-2-3-15/h4-7,15,17H,2-3,8-12H2,1H3,(H,21,26)(H,22,23,24). The molecule has 1 saturated carbocycles. The minimum Gasteiger partial charge on any atom is -0.490 e. The number of carbonyl (C=O) groups excluding carboxylic acids is 2. The molecule has 8 heteroatoms. The van der Waals surface area contributed by atoms with E-state index in [9.17, 15) is 9.59 Å². The van der Waals surface area contributed by atoms with Gasteiger partial charge in [0.1, 0.15) is 17.7 Å². The normalized spacial score (nSPS) is 17.4. The first-order chi connectivity index (χ1) is 13.6. The molecule has 0 atom stereocenters. The van der Waals surface area contributed by atoms with Gasteiger partial charge in [0.15, 0.2) is 5.82 Å². The second kappa shape index (κ2) is 8.00. The van der Waals surface area contributed by atoms with Gasteiger partial charge in [-0.1, -0.05) is 0 Å². The van der Waals surface area contributed by atoms with Crippen LogP contribution in [0.1, 0.15) is 47.7 Å². The van der Waals surface area contributed by atoms with E-state index >= 15 is 0 Å². The Morgan fingerprint density at radius 1 is 1.18 bits per heavy atom. The Labute approximate surface area is 163 Å². The van der Waals surface area contributed by atoms with E-state index in [1.165, 1.54) is 0 Å². The summed E-state index contributed by atoms with van der Waals surface area (Å²) in [4.78, 5) is 30.5. The summed E-state index contributed by atoms with van der Waals surface area (Å²) in [5.74, 6) is 2.43. The number of rotatable bonds is 6. The number of aromatic amines is 1. The highest BCUT2D eigenvalue weighted by atomic mass is 16.5. The van der Waals surface area contributed by atoms with Crippen LogP contribution in [0.4, 0.5) is 0 Å². The van der Waals surface area contributed by atoms with Crippen LogP contribution in [0.2, 0.25) is 0 Å². The third-order valence-corrected chi connectivity index (χ3v) is 5.15. The molecule has 1 aliphatic heterocycles. The summed E-state index contributed by atoms with van der Waals surface area (Å²) in [5, 5.41) is 9.54. The molecule has 1 saturated heterocycles. The molecule has 2 aromatic rings. The number of piperidine rings is 1. The number of hydrogen-bond acceptors (Lipinski definition) is 5. The third kappa shape index (κ3) is 4.49. The average Bonchev–Trinajstić information content (AvgIpc) is 3.48. The summed E-state index contributed by atoms with van der Waals surface area (Å²) in [6.45, 7) is 3.62. The number of carbonyl (C=O) groups is 2. The van der Waals surface area contributed by atoms with Gasteiger partial charge in [0.25, 0.3) is 5.91 Å². The van der Waals surface area contributed by atoms with E-state index in [0.29, 0.717) is 23.1 Å². The summed E-state index contributed by atoms with van der Waals surface area (Å²) in [6, 6.07) is 7.13. The first-order valence-electron chi connectivity index (χ1n) is 9.80. The lowest BCUT2D eigenvalue weighted by molar-refractivity contribution is -0.134. The largest absolute Gasteiger partial charge is 0.490 e. The van der Waals surface area contributed by atoms with Crippen molar-refractivity contribution in [2.75, 3.05) is 13.1 Å². The van der Waals surface area contributed by atoms with E-state index in [1.807, 2.05) is 24.0 Å². The Bertz CT molecular complexity index is 836. The molecular weight excluding hydrogens is 358 g/mol. The molecule has 1 aliphatic carbocycles. The van der Waals surface area contributed by atoms with Gasteiger partial charge in [0.2, 0.25) is 5.91 Å².